The van der Waals surface area contributed by atoms with Crippen LogP contribution in [0.25, 0.3) is 0 Å². The van der Waals surface area contributed by atoms with Gasteiger partial charge in [-0.15, -0.1) is 0 Å². The lowest BCUT2D eigenvalue weighted by Crippen LogP contribution is -2.27. The summed E-state index contributed by atoms with van der Waals surface area (Å²) < 4.78 is 0. The summed E-state index contributed by atoms with van der Waals surface area (Å²) in [5, 5.41) is 3.19. The van der Waals surface area contributed by atoms with E-state index in [1.807, 2.05) is 26.0 Å². The first-order valence-corrected chi connectivity index (χ1v) is 7.01. The number of hydrogen-bond acceptors (Lipinski definition) is 3. The van der Waals surface area contributed by atoms with E-state index in [1.165, 1.54) is 5.56 Å². The van der Waals surface area contributed by atoms with Crippen molar-refractivity contribution in [1.29, 1.82) is 0 Å². The largest absolute Gasteiger partial charge is 0.373 e. The molecular formula is C16H18ClN3O. The molecule has 0 unspecified atom stereocenters. The van der Waals surface area contributed by atoms with Gasteiger partial charge in [0.25, 0.3) is 5.91 Å². The molecule has 0 radical (unpaired) electrons. The molecule has 0 aliphatic carbocycles. The second-order valence-corrected chi connectivity index (χ2v) is 5.36. The van der Waals surface area contributed by atoms with Gasteiger partial charge in [0.15, 0.2) is 0 Å². The number of nitrogens with zero attached hydrogens (tertiary/aromatic N) is 2. The van der Waals surface area contributed by atoms with Crippen LogP contribution in [0.3, 0.4) is 0 Å². The van der Waals surface area contributed by atoms with Gasteiger partial charge in [-0.2, -0.15) is 0 Å². The average Bonchev–Trinajstić information content (AvgIpc) is 2.45. The predicted molar refractivity (Wildman–Crippen MR) is 87.4 cm³/mol. The lowest BCUT2D eigenvalue weighted by atomic mass is 10.1. The predicted octanol–water partition coefficient (Wildman–Crippen LogP) is 3.67. The Bertz CT molecular complexity index is 685. The van der Waals surface area contributed by atoms with E-state index >= 15 is 0 Å². The Labute approximate surface area is 129 Å². The summed E-state index contributed by atoms with van der Waals surface area (Å²) in [5.41, 5.74) is 3.60. The second-order valence-electron chi connectivity index (χ2n) is 4.97. The van der Waals surface area contributed by atoms with Crippen molar-refractivity contribution in [2.45, 2.75) is 13.8 Å². The second kappa shape index (κ2) is 6.14. The van der Waals surface area contributed by atoms with Crippen LogP contribution in [0.1, 0.15) is 21.5 Å². The van der Waals surface area contributed by atoms with Crippen LogP contribution in [-0.2, 0) is 0 Å². The van der Waals surface area contributed by atoms with E-state index in [-0.39, 0.29) is 5.91 Å². The number of carbonyl (C=O) groups excluding carboxylic acids is 1. The molecule has 1 N–H and O–H groups in total. The van der Waals surface area contributed by atoms with Crippen molar-refractivity contribution < 1.29 is 4.79 Å². The van der Waals surface area contributed by atoms with E-state index in [1.54, 1.807) is 31.1 Å². The maximum atomic E-state index is 12.6. The van der Waals surface area contributed by atoms with Crippen molar-refractivity contribution in [3.05, 3.63) is 52.2 Å². The molecule has 1 aromatic heterocycles. The van der Waals surface area contributed by atoms with Crippen LogP contribution in [0.5, 0.6) is 0 Å². The summed E-state index contributed by atoms with van der Waals surface area (Å²) in [5.74, 6) is 0.447. The Kier molecular flexibility index (Phi) is 4.48. The van der Waals surface area contributed by atoms with E-state index in [2.05, 4.69) is 16.4 Å². The van der Waals surface area contributed by atoms with Crippen LogP contribution < -0.4 is 10.2 Å². The van der Waals surface area contributed by atoms with E-state index in [9.17, 15) is 4.79 Å². The summed E-state index contributed by atoms with van der Waals surface area (Å²) >= 11 is 5.95. The number of halogens is 1. The molecule has 0 saturated carbocycles. The number of amides is 1. The van der Waals surface area contributed by atoms with Crippen molar-refractivity contribution in [2.24, 2.45) is 0 Å². The molecule has 0 aliphatic heterocycles. The number of anilines is 2. The molecule has 0 saturated heterocycles. The molecule has 1 heterocycles. The van der Waals surface area contributed by atoms with E-state index in [0.29, 0.717) is 16.5 Å². The fourth-order valence-electron chi connectivity index (χ4n) is 2.23. The molecule has 0 fully saturated rings. The van der Waals surface area contributed by atoms with E-state index in [4.69, 9.17) is 11.6 Å². The maximum Gasteiger partial charge on any atom is 0.258 e. The maximum absolute atomic E-state index is 12.6. The third-order valence-electron chi connectivity index (χ3n) is 3.32. The van der Waals surface area contributed by atoms with E-state index in [0.717, 1.165) is 11.3 Å². The fraction of sp³-hybridized carbons (Fsp3) is 0.250. The van der Waals surface area contributed by atoms with Gasteiger partial charge < -0.3 is 10.2 Å². The van der Waals surface area contributed by atoms with Gasteiger partial charge in [0.05, 0.1) is 0 Å². The zero-order valence-electron chi connectivity index (χ0n) is 12.6. The third-order valence-corrected chi connectivity index (χ3v) is 3.51. The SMILES string of the molecule is CNc1cc(C(=O)N(C)c2ccc(C)cc2C)cc(Cl)n1. The van der Waals surface area contributed by atoms with Crippen LogP contribution in [0.15, 0.2) is 30.3 Å². The molecule has 21 heavy (non-hydrogen) atoms. The Morgan fingerprint density at radius 1 is 1.24 bits per heavy atom. The zero-order chi connectivity index (χ0) is 15.6. The van der Waals surface area contributed by atoms with Crippen molar-refractivity contribution in [2.75, 3.05) is 24.3 Å². The summed E-state index contributed by atoms with van der Waals surface area (Å²) in [6.07, 6.45) is 0. The van der Waals surface area contributed by atoms with Gasteiger partial charge in [0.1, 0.15) is 11.0 Å². The van der Waals surface area contributed by atoms with Crippen LogP contribution in [-0.4, -0.2) is 25.0 Å². The minimum atomic E-state index is -0.122. The highest BCUT2D eigenvalue weighted by Crippen LogP contribution is 2.23. The standard InChI is InChI=1S/C16H18ClN3O/c1-10-5-6-13(11(2)7-10)20(4)16(21)12-8-14(17)19-15(9-12)18-3/h5-9H,1-4H3,(H,18,19). The Morgan fingerprint density at radius 3 is 2.57 bits per heavy atom. The van der Waals surface area contributed by atoms with Crippen molar-refractivity contribution in [3.63, 3.8) is 0 Å². The highest BCUT2D eigenvalue weighted by atomic mass is 35.5. The van der Waals surface area contributed by atoms with E-state index < -0.39 is 0 Å². The summed E-state index contributed by atoms with van der Waals surface area (Å²) in [4.78, 5) is 18.3. The van der Waals surface area contributed by atoms with Gasteiger partial charge in [-0.3, -0.25) is 4.79 Å². The molecule has 0 atom stereocenters. The zero-order valence-corrected chi connectivity index (χ0v) is 13.3. The third kappa shape index (κ3) is 3.34. The molecule has 1 amide bonds. The lowest BCUT2D eigenvalue weighted by molar-refractivity contribution is 0.0993. The van der Waals surface area contributed by atoms with Crippen LogP contribution in [0.4, 0.5) is 11.5 Å². The molecule has 4 nitrogen and oxygen atoms in total. The highest BCUT2D eigenvalue weighted by molar-refractivity contribution is 6.30. The first-order valence-electron chi connectivity index (χ1n) is 6.63. The topological polar surface area (TPSA) is 45.2 Å². The van der Waals surface area contributed by atoms with Crippen molar-refractivity contribution in [1.82, 2.24) is 4.98 Å². The van der Waals surface area contributed by atoms with Gasteiger partial charge >= 0.3 is 0 Å². The number of aromatic nitrogens is 1. The lowest BCUT2D eigenvalue weighted by Gasteiger charge is -2.20. The first-order chi connectivity index (χ1) is 9.92. The normalized spacial score (nSPS) is 10.3. The van der Waals surface area contributed by atoms with Gasteiger partial charge in [0.2, 0.25) is 0 Å². The number of carbonyl (C=O) groups is 1. The minimum absolute atomic E-state index is 0.122. The quantitative estimate of drug-likeness (QED) is 0.880. The Morgan fingerprint density at radius 2 is 1.95 bits per heavy atom. The summed E-state index contributed by atoms with van der Waals surface area (Å²) in [7, 11) is 3.49. The Hall–Kier alpha value is -2.07. The average molecular weight is 304 g/mol. The number of nitrogens with one attached hydrogen (secondary N) is 1. The van der Waals surface area contributed by atoms with Crippen LogP contribution in [0.2, 0.25) is 5.15 Å². The number of aryl methyl sites for hydroxylation is 2. The van der Waals surface area contributed by atoms with Gasteiger partial charge in [-0.05, 0) is 37.6 Å². The first kappa shape index (κ1) is 15.3. The fourth-order valence-corrected chi connectivity index (χ4v) is 2.44. The van der Waals surface area contributed by atoms with Gasteiger partial charge in [0, 0.05) is 25.3 Å². The van der Waals surface area contributed by atoms with Crippen molar-refractivity contribution in [3.8, 4) is 0 Å². The molecule has 110 valence electrons. The molecule has 0 bridgehead atoms. The Balaban J connectivity index is 2.37. The molecule has 1 aromatic carbocycles. The molecular weight excluding hydrogens is 286 g/mol. The molecule has 0 spiro atoms. The number of benzene rings is 1. The van der Waals surface area contributed by atoms with Crippen molar-refractivity contribution >= 4 is 29.0 Å². The summed E-state index contributed by atoms with van der Waals surface area (Å²) in [6, 6.07) is 9.26. The van der Waals surface area contributed by atoms with Crippen LogP contribution in [0, 0.1) is 13.8 Å². The molecule has 5 heteroatoms. The highest BCUT2D eigenvalue weighted by Gasteiger charge is 2.16. The summed E-state index contributed by atoms with van der Waals surface area (Å²) in [6.45, 7) is 4.02. The van der Waals surface area contributed by atoms with Gasteiger partial charge in [-0.25, -0.2) is 4.98 Å². The molecule has 2 rings (SSSR count). The number of rotatable bonds is 3. The number of pyridine rings is 1. The minimum Gasteiger partial charge on any atom is -0.373 e. The smallest absolute Gasteiger partial charge is 0.258 e. The van der Waals surface area contributed by atoms with Crippen LogP contribution >= 0.6 is 11.6 Å². The monoisotopic (exact) mass is 303 g/mol. The molecule has 2 aromatic rings. The molecule has 0 aliphatic rings. The number of hydrogen-bond donors (Lipinski definition) is 1. The van der Waals surface area contributed by atoms with Gasteiger partial charge in [-0.1, -0.05) is 29.3 Å².